The summed E-state index contributed by atoms with van der Waals surface area (Å²) in [5.41, 5.74) is 3.75. The Hall–Kier alpha value is -2.79. The fourth-order valence-electron chi connectivity index (χ4n) is 3.21. The maximum Gasteiger partial charge on any atom is 0.251 e. The molecule has 0 radical (unpaired) electrons. The van der Waals surface area contributed by atoms with Crippen molar-refractivity contribution in [1.82, 2.24) is 4.57 Å². The quantitative estimate of drug-likeness (QED) is 0.732. The van der Waals surface area contributed by atoms with Gasteiger partial charge in [0.25, 0.3) is 5.56 Å². The number of amides is 1. The number of carbonyl (C=O) groups is 1. The number of hydrogen-bond donors (Lipinski definition) is 1. The molecule has 1 aromatic heterocycles. The van der Waals surface area contributed by atoms with Gasteiger partial charge in [-0.1, -0.05) is 29.8 Å². The Morgan fingerprint density at radius 3 is 2.56 bits per heavy atom. The second kappa shape index (κ2) is 7.45. The number of aryl methyl sites for hydroxylation is 3. The molecule has 2 aromatic carbocycles. The number of carbonyl (C=O) groups excluding carboxylic acids is 1. The topological polar surface area (TPSA) is 60.3 Å². The first-order valence-corrected chi connectivity index (χ1v) is 8.93. The highest BCUT2D eigenvalue weighted by Crippen LogP contribution is 2.31. The predicted octanol–water partition coefficient (Wildman–Crippen LogP) is 4.23. The van der Waals surface area contributed by atoms with Crippen molar-refractivity contribution in [3.05, 3.63) is 68.5 Å². The molecule has 0 atom stereocenters. The summed E-state index contributed by atoms with van der Waals surface area (Å²) in [7, 11) is 1.51. The lowest BCUT2D eigenvalue weighted by molar-refractivity contribution is -0.116. The molecule has 0 aliphatic carbocycles. The zero-order valence-corrected chi connectivity index (χ0v) is 16.5. The second-order valence-corrected chi connectivity index (χ2v) is 6.98. The Labute approximate surface area is 162 Å². The summed E-state index contributed by atoms with van der Waals surface area (Å²) in [6, 6.07) is 10.8. The standard InChI is InChI=1S/C21H21ClN2O3/c1-12-6-5-7-15-13(2)9-20(26)24(21(12)15)11-19(25)23-17-8-14(3)16(22)10-18(17)27-4/h5-10H,11H2,1-4H3,(H,23,25). The van der Waals surface area contributed by atoms with E-state index in [1.807, 2.05) is 39.0 Å². The molecule has 0 bridgehead atoms. The Morgan fingerprint density at radius 1 is 1.11 bits per heavy atom. The minimum absolute atomic E-state index is 0.0920. The smallest absolute Gasteiger partial charge is 0.251 e. The third-order valence-corrected chi connectivity index (χ3v) is 5.00. The zero-order chi connectivity index (χ0) is 19.7. The van der Waals surface area contributed by atoms with Gasteiger partial charge < -0.3 is 10.1 Å². The van der Waals surface area contributed by atoms with E-state index in [2.05, 4.69) is 5.32 Å². The first kappa shape index (κ1) is 19.0. The van der Waals surface area contributed by atoms with E-state index < -0.39 is 0 Å². The van der Waals surface area contributed by atoms with Gasteiger partial charge in [-0.25, -0.2) is 0 Å². The molecule has 5 nitrogen and oxygen atoms in total. The number of halogens is 1. The van der Waals surface area contributed by atoms with Gasteiger partial charge in [0, 0.05) is 22.5 Å². The molecule has 0 spiro atoms. The maximum absolute atomic E-state index is 12.7. The van der Waals surface area contributed by atoms with Crippen molar-refractivity contribution in [3.63, 3.8) is 0 Å². The minimum atomic E-state index is -0.314. The summed E-state index contributed by atoms with van der Waals surface area (Å²) in [5, 5.41) is 4.34. The van der Waals surface area contributed by atoms with Gasteiger partial charge in [-0.2, -0.15) is 0 Å². The van der Waals surface area contributed by atoms with Gasteiger partial charge in [-0.15, -0.1) is 0 Å². The number of ether oxygens (including phenoxy) is 1. The van der Waals surface area contributed by atoms with Crippen molar-refractivity contribution in [2.75, 3.05) is 12.4 Å². The molecule has 1 amide bonds. The zero-order valence-electron chi connectivity index (χ0n) is 15.7. The van der Waals surface area contributed by atoms with Gasteiger partial charge in [0.1, 0.15) is 12.3 Å². The van der Waals surface area contributed by atoms with Crippen LogP contribution in [0.2, 0.25) is 5.02 Å². The highest BCUT2D eigenvalue weighted by Gasteiger charge is 2.14. The average Bonchev–Trinajstić information content (AvgIpc) is 2.61. The van der Waals surface area contributed by atoms with Crippen LogP contribution in [0, 0.1) is 20.8 Å². The van der Waals surface area contributed by atoms with E-state index in [4.69, 9.17) is 16.3 Å². The maximum atomic E-state index is 12.7. The number of rotatable bonds is 4. The third kappa shape index (κ3) is 3.69. The van der Waals surface area contributed by atoms with E-state index in [-0.39, 0.29) is 18.0 Å². The summed E-state index contributed by atoms with van der Waals surface area (Å²) in [4.78, 5) is 25.2. The van der Waals surface area contributed by atoms with Crippen molar-refractivity contribution in [2.24, 2.45) is 0 Å². The first-order chi connectivity index (χ1) is 12.8. The van der Waals surface area contributed by atoms with Crippen molar-refractivity contribution >= 4 is 34.1 Å². The van der Waals surface area contributed by atoms with Crippen LogP contribution in [0.3, 0.4) is 0 Å². The van der Waals surface area contributed by atoms with Gasteiger partial charge in [-0.3, -0.25) is 14.2 Å². The van der Waals surface area contributed by atoms with E-state index in [1.165, 1.54) is 11.7 Å². The molecule has 0 fully saturated rings. The lowest BCUT2D eigenvalue weighted by atomic mass is 10.1. The molecule has 1 heterocycles. The van der Waals surface area contributed by atoms with E-state index in [9.17, 15) is 9.59 Å². The average molecular weight is 385 g/mol. The number of aromatic nitrogens is 1. The summed E-state index contributed by atoms with van der Waals surface area (Å²) in [6.45, 7) is 5.58. The van der Waals surface area contributed by atoms with Crippen LogP contribution < -0.4 is 15.6 Å². The van der Waals surface area contributed by atoms with Crippen LogP contribution in [0.25, 0.3) is 10.9 Å². The highest BCUT2D eigenvalue weighted by molar-refractivity contribution is 6.31. The number of pyridine rings is 1. The summed E-state index contributed by atoms with van der Waals surface area (Å²) in [6.07, 6.45) is 0. The van der Waals surface area contributed by atoms with E-state index >= 15 is 0 Å². The van der Waals surface area contributed by atoms with Crippen LogP contribution in [0.1, 0.15) is 16.7 Å². The monoisotopic (exact) mass is 384 g/mol. The van der Waals surface area contributed by atoms with Crippen molar-refractivity contribution < 1.29 is 9.53 Å². The number of nitrogens with one attached hydrogen (secondary N) is 1. The van der Waals surface area contributed by atoms with E-state index in [0.29, 0.717) is 16.5 Å². The Kier molecular flexibility index (Phi) is 5.24. The molecule has 0 aliphatic rings. The molecule has 140 valence electrons. The van der Waals surface area contributed by atoms with Gasteiger partial charge in [0.2, 0.25) is 5.91 Å². The third-order valence-electron chi connectivity index (χ3n) is 4.60. The SMILES string of the molecule is COc1cc(Cl)c(C)cc1NC(=O)Cn1c(=O)cc(C)c2cccc(C)c21. The van der Waals surface area contributed by atoms with Crippen LogP contribution in [-0.4, -0.2) is 17.6 Å². The number of benzene rings is 2. The lowest BCUT2D eigenvalue weighted by Crippen LogP contribution is -2.28. The van der Waals surface area contributed by atoms with Crippen LogP contribution in [0.15, 0.2) is 41.2 Å². The summed E-state index contributed by atoms with van der Waals surface area (Å²) in [5.74, 6) is 0.154. The number of nitrogens with zero attached hydrogens (tertiary/aromatic N) is 1. The molecular weight excluding hydrogens is 364 g/mol. The Balaban J connectivity index is 1.99. The number of fused-ring (bicyclic) bond motifs is 1. The molecule has 0 saturated heterocycles. The van der Waals surface area contributed by atoms with Crippen molar-refractivity contribution in [1.29, 1.82) is 0 Å². The lowest BCUT2D eigenvalue weighted by Gasteiger charge is -2.15. The normalized spacial score (nSPS) is 10.9. The van der Waals surface area contributed by atoms with Crippen LogP contribution in [0.5, 0.6) is 5.75 Å². The number of anilines is 1. The van der Waals surface area contributed by atoms with Gasteiger partial charge >= 0.3 is 0 Å². The largest absolute Gasteiger partial charge is 0.495 e. The van der Waals surface area contributed by atoms with Gasteiger partial charge in [0.05, 0.1) is 18.3 Å². The second-order valence-electron chi connectivity index (χ2n) is 6.57. The molecule has 0 unspecified atom stereocenters. The highest BCUT2D eigenvalue weighted by atomic mass is 35.5. The number of methoxy groups -OCH3 is 1. The predicted molar refractivity (Wildman–Crippen MR) is 109 cm³/mol. The van der Waals surface area contributed by atoms with Gasteiger partial charge in [0.15, 0.2) is 0 Å². The van der Waals surface area contributed by atoms with Crippen molar-refractivity contribution in [2.45, 2.75) is 27.3 Å². The number of hydrogen-bond acceptors (Lipinski definition) is 3. The Morgan fingerprint density at radius 2 is 1.85 bits per heavy atom. The molecule has 0 saturated carbocycles. The van der Waals surface area contributed by atoms with Crippen LogP contribution >= 0.6 is 11.6 Å². The van der Waals surface area contributed by atoms with Crippen LogP contribution in [-0.2, 0) is 11.3 Å². The fraction of sp³-hybridized carbons (Fsp3) is 0.238. The first-order valence-electron chi connectivity index (χ1n) is 8.55. The molecule has 6 heteroatoms. The fourth-order valence-corrected chi connectivity index (χ4v) is 3.36. The van der Waals surface area contributed by atoms with E-state index in [0.717, 1.165) is 27.6 Å². The van der Waals surface area contributed by atoms with Gasteiger partial charge in [-0.05, 0) is 43.5 Å². The van der Waals surface area contributed by atoms with E-state index in [1.54, 1.807) is 18.2 Å². The molecule has 27 heavy (non-hydrogen) atoms. The minimum Gasteiger partial charge on any atom is -0.495 e. The molecular formula is C21H21ClN2O3. The number of para-hydroxylation sites is 1. The molecule has 1 N–H and O–H groups in total. The van der Waals surface area contributed by atoms with Crippen LogP contribution in [0.4, 0.5) is 5.69 Å². The molecule has 0 aliphatic heterocycles. The molecule has 3 aromatic rings. The Bertz CT molecular complexity index is 1100. The van der Waals surface area contributed by atoms with Crippen molar-refractivity contribution in [3.8, 4) is 5.75 Å². The molecule has 3 rings (SSSR count). The summed E-state index contributed by atoms with van der Waals surface area (Å²) >= 11 is 6.11. The summed E-state index contributed by atoms with van der Waals surface area (Å²) < 4.78 is 6.80.